The van der Waals surface area contributed by atoms with E-state index in [-0.39, 0.29) is 6.42 Å². The molecule has 0 bridgehead atoms. The van der Waals surface area contributed by atoms with Gasteiger partial charge >= 0.3 is 8.03 Å². The Morgan fingerprint density at radius 3 is 2.62 bits per heavy atom. The van der Waals surface area contributed by atoms with Gasteiger partial charge in [0.15, 0.2) is 0 Å². The van der Waals surface area contributed by atoms with Gasteiger partial charge in [-0.2, -0.15) is 4.89 Å². The summed E-state index contributed by atoms with van der Waals surface area (Å²) in [5.74, 6) is 1.43. The van der Waals surface area contributed by atoms with Gasteiger partial charge in [0.25, 0.3) is 0 Å². The van der Waals surface area contributed by atoms with Gasteiger partial charge in [-0.3, -0.25) is 5.73 Å². The number of nitrogens with two attached hydrogens (primary N) is 1. The summed E-state index contributed by atoms with van der Waals surface area (Å²) >= 11 is 0. The SMILES string of the molecule is C#CCC(N)[P+](=O)O. The van der Waals surface area contributed by atoms with E-state index in [9.17, 15) is 4.57 Å². The van der Waals surface area contributed by atoms with Crippen LogP contribution in [0.2, 0.25) is 0 Å². The van der Waals surface area contributed by atoms with Crippen molar-refractivity contribution in [2.45, 2.75) is 12.2 Å². The monoisotopic (exact) mass is 132 g/mol. The lowest BCUT2D eigenvalue weighted by atomic mass is 10.5. The normalized spacial score (nSPS) is 14.4. The van der Waals surface area contributed by atoms with Crippen LogP contribution in [-0.2, 0) is 4.57 Å². The van der Waals surface area contributed by atoms with Gasteiger partial charge in [-0.1, -0.05) is 0 Å². The van der Waals surface area contributed by atoms with Crippen molar-refractivity contribution >= 4 is 8.03 Å². The van der Waals surface area contributed by atoms with Crippen molar-refractivity contribution < 1.29 is 9.46 Å². The quantitative estimate of drug-likeness (QED) is 0.411. The van der Waals surface area contributed by atoms with Crippen molar-refractivity contribution in [1.29, 1.82) is 0 Å². The Morgan fingerprint density at radius 1 is 2.00 bits per heavy atom. The predicted octanol–water partition coefficient (Wildman–Crippen LogP) is 0.0292. The molecule has 0 aliphatic carbocycles. The largest absolute Gasteiger partial charge is 0.525 e. The number of terminal acetylenes is 1. The van der Waals surface area contributed by atoms with Crippen LogP contribution in [0.5, 0.6) is 0 Å². The van der Waals surface area contributed by atoms with Crippen LogP contribution in [0.15, 0.2) is 0 Å². The summed E-state index contributed by atoms with van der Waals surface area (Å²) in [6.45, 7) is 0. The first kappa shape index (κ1) is 7.58. The predicted molar refractivity (Wildman–Crippen MR) is 31.3 cm³/mol. The second-order valence-corrected chi connectivity index (χ2v) is 2.55. The molecule has 0 aliphatic heterocycles. The van der Waals surface area contributed by atoms with E-state index in [0.29, 0.717) is 0 Å². The topological polar surface area (TPSA) is 63.3 Å². The lowest BCUT2D eigenvalue weighted by molar-refractivity contribution is 0.490. The van der Waals surface area contributed by atoms with Crippen molar-refractivity contribution in [2.24, 2.45) is 5.73 Å². The second-order valence-electron chi connectivity index (χ2n) is 1.28. The third-order valence-electron chi connectivity index (χ3n) is 0.611. The molecule has 2 unspecified atom stereocenters. The highest BCUT2D eigenvalue weighted by Gasteiger charge is 2.21. The molecule has 44 valence electrons. The minimum atomic E-state index is -2.28. The van der Waals surface area contributed by atoms with Gasteiger partial charge in [-0.15, -0.1) is 12.3 Å². The molecule has 0 heterocycles. The first-order valence-electron chi connectivity index (χ1n) is 2.02. The number of hydrogen-bond acceptors (Lipinski definition) is 2. The fourth-order valence-electron chi connectivity index (χ4n) is 0.199. The highest BCUT2D eigenvalue weighted by Crippen LogP contribution is 2.19. The summed E-state index contributed by atoms with van der Waals surface area (Å²) in [7, 11) is -2.28. The third-order valence-corrected chi connectivity index (χ3v) is 1.36. The molecule has 0 fully saturated rings. The Hall–Kier alpha value is -0.420. The van der Waals surface area contributed by atoms with Gasteiger partial charge in [-0.25, -0.2) is 0 Å². The summed E-state index contributed by atoms with van der Waals surface area (Å²) in [5.41, 5.74) is 5.05. The number of hydrogen-bond donors (Lipinski definition) is 2. The van der Waals surface area contributed by atoms with E-state index in [1.165, 1.54) is 0 Å². The molecule has 0 aromatic carbocycles. The van der Waals surface area contributed by atoms with Gasteiger partial charge in [0.2, 0.25) is 5.78 Å². The molecular formula is C4H7NO2P+. The molecule has 0 aromatic rings. The molecule has 0 saturated heterocycles. The van der Waals surface area contributed by atoms with Crippen LogP contribution in [0.3, 0.4) is 0 Å². The maximum absolute atomic E-state index is 10.0. The first-order valence-corrected chi connectivity index (χ1v) is 3.31. The fourth-order valence-corrected chi connectivity index (χ4v) is 0.460. The van der Waals surface area contributed by atoms with Crippen LogP contribution in [0, 0.1) is 12.3 Å². The minimum absolute atomic E-state index is 0.158. The highest BCUT2D eigenvalue weighted by atomic mass is 31.1. The minimum Gasteiger partial charge on any atom is -0.284 e. The van der Waals surface area contributed by atoms with Crippen molar-refractivity contribution in [1.82, 2.24) is 0 Å². The van der Waals surface area contributed by atoms with Gasteiger partial charge in [0, 0.05) is 0 Å². The maximum atomic E-state index is 10.0. The van der Waals surface area contributed by atoms with Crippen molar-refractivity contribution in [3.05, 3.63) is 0 Å². The van der Waals surface area contributed by atoms with Crippen LogP contribution in [0.25, 0.3) is 0 Å². The van der Waals surface area contributed by atoms with E-state index in [1.54, 1.807) is 0 Å². The zero-order chi connectivity index (χ0) is 6.57. The molecule has 0 saturated carbocycles. The first-order chi connectivity index (χ1) is 3.68. The van der Waals surface area contributed by atoms with E-state index in [2.05, 4.69) is 5.92 Å². The Labute approximate surface area is 48.8 Å². The van der Waals surface area contributed by atoms with Crippen molar-refractivity contribution in [3.8, 4) is 12.3 Å². The Kier molecular flexibility index (Phi) is 3.38. The molecule has 4 heteroatoms. The van der Waals surface area contributed by atoms with Gasteiger partial charge in [-0.05, 0) is 4.57 Å². The Bertz CT molecular complexity index is 128. The molecule has 3 N–H and O–H groups in total. The highest BCUT2D eigenvalue weighted by molar-refractivity contribution is 7.38. The molecule has 2 atom stereocenters. The molecular weight excluding hydrogens is 125 g/mol. The van der Waals surface area contributed by atoms with Crippen LogP contribution in [-0.4, -0.2) is 10.7 Å². The smallest absolute Gasteiger partial charge is 0.284 e. The van der Waals surface area contributed by atoms with E-state index in [0.717, 1.165) is 0 Å². The van der Waals surface area contributed by atoms with Crippen LogP contribution >= 0.6 is 8.03 Å². The van der Waals surface area contributed by atoms with Gasteiger partial charge < -0.3 is 0 Å². The third kappa shape index (κ3) is 2.70. The lowest BCUT2D eigenvalue weighted by Crippen LogP contribution is -2.13. The summed E-state index contributed by atoms with van der Waals surface area (Å²) in [6, 6.07) is 0. The molecule has 0 radical (unpaired) electrons. The zero-order valence-corrected chi connectivity index (χ0v) is 5.14. The summed E-state index contributed by atoms with van der Waals surface area (Å²) in [5, 5.41) is 0. The molecule has 0 aliphatic rings. The molecule has 0 amide bonds. The summed E-state index contributed by atoms with van der Waals surface area (Å²) in [4.78, 5) is 8.24. The number of rotatable bonds is 2. The van der Waals surface area contributed by atoms with Gasteiger partial charge in [0.1, 0.15) is 0 Å². The zero-order valence-electron chi connectivity index (χ0n) is 4.24. The van der Waals surface area contributed by atoms with Crippen molar-refractivity contribution in [3.63, 3.8) is 0 Å². The molecule has 3 nitrogen and oxygen atoms in total. The fraction of sp³-hybridized carbons (Fsp3) is 0.500. The Morgan fingerprint density at radius 2 is 2.50 bits per heavy atom. The average Bonchev–Trinajstić information content (AvgIpc) is 1.67. The standard InChI is InChI=1S/C4H6NO2P/c1-2-3-4(5)8(6)7/h1,4H,3,5H2/p+1. The lowest BCUT2D eigenvalue weighted by Gasteiger charge is -1.84. The summed E-state index contributed by atoms with van der Waals surface area (Å²) < 4.78 is 10.0. The van der Waals surface area contributed by atoms with E-state index < -0.39 is 13.8 Å². The van der Waals surface area contributed by atoms with E-state index in [1.807, 2.05) is 0 Å². The van der Waals surface area contributed by atoms with Crippen LogP contribution in [0.1, 0.15) is 6.42 Å². The molecule has 0 rings (SSSR count). The maximum Gasteiger partial charge on any atom is 0.525 e. The van der Waals surface area contributed by atoms with E-state index >= 15 is 0 Å². The molecule has 8 heavy (non-hydrogen) atoms. The Balaban J connectivity index is 3.52. The van der Waals surface area contributed by atoms with Crippen molar-refractivity contribution in [2.75, 3.05) is 0 Å². The molecule has 0 spiro atoms. The summed E-state index contributed by atoms with van der Waals surface area (Å²) in [6.07, 6.45) is 4.96. The van der Waals surface area contributed by atoms with E-state index in [4.69, 9.17) is 17.1 Å². The second kappa shape index (κ2) is 3.57. The van der Waals surface area contributed by atoms with Gasteiger partial charge in [0.05, 0.1) is 6.42 Å². The van der Waals surface area contributed by atoms with Crippen LogP contribution in [0.4, 0.5) is 0 Å². The van der Waals surface area contributed by atoms with Crippen LogP contribution < -0.4 is 5.73 Å². The molecule has 0 aromatic heterocycles. The average molecular weight is 132 g/mol.